The number of benzene rings is 1. The fourth-order valence-corrected chi connectivity index (χ4v) is 1.29. The van der Waals surface area contributed by atoms with E-state index in [2.05, 4.69) is 0 Å². The van der Waals surface area contributed by atoms with Crippen LogP contribution in [-0.4, -0.2) is 30.7 Å². The van der Waals surface area contributed by atoms with Gasteiger partial charge in [-0.25, -0.2) is 0 Å². The molecular weight excluding hydrogens is 192 g/mol. The first-order chi connectivity index (χ1) is 7.06. The zero-order valence-corrected chi connectivity index (χ0v) is 8.97. The van der Waals surface area contributed by atoms with Crippen molar-refractivity contribution in [2.24, 2.45) is 5.73 Å². The Morgan fingerprint density at radius 3 is 2.80 bits per heavy atom. The fourth-order valence-electron chi connectivity index (χ4n) is 1.29. The highest BCUT2D eigenvalue weighted by atomic mass is 16.3. The number of anilines is 1. The highest BCUT2D eigenvalue weighted by Gasteiger charge is 2.17. The van der Waals surface area contributed by atoms with E-state index in [0.29, 0.717) is 0 Å². The van der Waals surface area contributed by atoms with Gasteiger partial charge in [-0.2, -0.15) is 0 Å². The Morgan fingerprint density at radius 1 is 1.60 bits per heavy atom. The molecule has 0 bridgehead atoms. The van der Waals surface area contributed by atoms with E-state index in [9.17, 15) is 4.79 Å². The van der Waals surface area contributed by atoms with Gasteiger partial charge >= 0.3 is 0 Å². The quantitative estimate of drug-likeness (QED) is 0.749. The number of aryl methyl sites for hydroxylation is 1. The minimum Gasteiger partial charge on any atom is -0.394 e. The molecule has 3 N–H and O–H groups in total. The van der Waals surface area contributed by atoms with Crippen LogP contribution in [0.25, 0.3) is 0 Å². The van der Waals surface area contributed by atoms with Gasteiger partial charge < -0.3 is 15.7 Å². The zero-order chi connectivity index (χ0) is 11.4. The lowest BCUT2D eigenvalue weighted by molar-refractivity contribution is -0.120. The molecule has 0 spiro atoms. The molecule has 82 valence electrons. The molecule has 0 fully saturated rings. The number of hydrogen-bond donors (Lipinski definition) is 2. The van der Waals surface area contributed by atoms with Gasteiger partial charge in [0.1, 0.15) is 6.04 Å². The largest absolute Gasteiger partial charge is 0.394 e. The molecule has 0 saturated heterocycles. The fraction of sp³-hybridized carbons (Fsp3) is 0.364. The Kier molecular flexibility index (Phi) is 3.82. The van der Waals surface area contributed by atoms with Crippen molar-refractivity contribution in [2.75, 3.05) is 18.6 Å². The highest BCUT2D eigenvalue weighted by Crippen LogP contribution is 2.14. The number of hydrogen-bond acceptors (Lipinski definition) is 3. The first-order valence-electron chi connectivity index (χ1n) is 4.77. The van der Waals surface area contributed by atoms with E-state index in [1.54, 1.807) is 7.05 Å². The van der Waals surface area contributed by atoms with E-state index in [0.717, 1.165) is 11.3 Å². The number of carbonyl (C=O) groups excluding carboxylic acids is 1. The molecule has 4 nitrogen and oxygen atoms in total. The number of likely N-dealkylation sites (N-methyl/N-ethyl adjacent to an activating group) is 1. The molecule has 0 radical (unpaired) electrons. The number of aliphatic hydroxyl groups excluding tert-OH is 1. The van der Waals surface area contributed by atoms with Gasteiger partial charge in [-0.15, -0.1) is 0 Å². The van der Waals surface area contributed by atoms with Gasteiger partial charge in [0.05, 0.1) is 6.61 Å². The summed E-state index contributed by atoms with van der Waals surface area (Å²) in [4.78, 5) is 13.1. The lowest BCUT2D eigenvalue weighted by atomic mass is 10.2. The smallest absolute Gasteiger partial charge is 0.246 e. The molecule has 1 amide bonds. The molecule has 0 heterocycles. The SMILES string of the molecule is Cc1cccc(N(C)C(=O)[C@@H](N)CO)c1. The number of nitrogens with two attached hydrogens (primary N) is 1. The topological polar surface area (TPSA) is 66.6 Å². The second-order valence-corrected chi connectivity index (χ2v) is 3.53. The summed E-state index contributed by atoms with van der Waals surface area (Å²) in [5.41, 5.74) is 7.31. The lowest BCUT2D eigenvalue weighted by Crippen LogP contribution is -2.44. The second kappa shape index (κ2) is 4.91. The van der Waals surface area contributed by atoms with Gasteiger partial charge in [0.2, 0.25) is 5.91 Å². The van der Waals surface area contributed by atoms with Gasteiger partial charge in [-0.1, -0.05) is 12.1 Å². The van der Waals surface area contributed by atoms with Crippen LogP contribution in [0, 0.1) is 6.92 Å². The van der Waals surface area contributed by atoms with E-state index in [1.807, 2.05) is 31.2 Å². The maximum atomic E-state index is 11.6. The van der Waals surface area contributed by atoms with Gasteiger partial charge in [0.15, 0.2) is 0 Å². The lowest BCUT2D eigenvalue weighted by Gasteiger charge is -2.20. The van der Waals surface area contributed by atoms with Crippen molar-refractivity contribution in [1.82, 2.24) is 0 Å². The summed E-state index contributed by atoms with van der Waals surface area (Å²) in [6.07, 6.45) is 0. The predicted molar refractivity (Wildman–Crippen MR) is 59.7 cm³/mol. The molecule has 4 heteroatoms. The molecular formula is C11H16N2O2. The first kappa shape index (κ1) is 11.7. The van der Waals surface area contributed by atoms with Crippen LogP contribution in [0.2, 0.25) is 0 Å². The van der Waals surface area contributed by atoms with Crippen LogP contribution in [0.15, 0.2) is 24.3 Å². The third-order valence-corrected chi connectivity index (χ3v) is 2.23. The van der Waals surface area contributed by atoms with Crippen molar-refractivity contribution < 1.29 is 9.90 Å². The Bertz CT molecular complexity index is 352. The molecule has 1 aromatic carbocycles. The van der Waals surface area contributed by atoms with E-state index < -0.39 is 6.04 Å². The summed E-state index contributed by atoms with van der Waals surface area (Å²) >= 11 is 0. The van der Waals surface area contributed by atoms with Crippen molar-refractivity contribution in [2.45, 2.75) is 13.0 Å². The highest BCUT2D eigenvalue weighted by molar-refractivity contribution is 5.96. The molecule has 1 aromatic rings. The van der Waals surface area contributed by atoms with Crippen molar-refractivity contribution in [3.8, 4) is 0 Å². The minimum absolute atomic E-state index is 0.289. The summed E-state index contributed by atoms with van der Waals surface area (Å²) in [6, 6.07) is 6.69. The average Bonchev–Trinajstić information content (AvgIpc) is 2.26. The molecule has 0 aliphatic heterocycles. The maximum absolute atomic E-state index is 11.6. The average molecular weight is 208 g/mol. The number of amides is 1. The molecule has 1 rings (SSSR count). The molecule has 0 unspecified atom stereocenters. The minimum atomic E-state index is -0.851. The van der Waals surface area contributed by atoms with E-state index in [1.165, 1.54) is 4.90 Å². The van der Waals surface area contributed by atoms with E-state index in [-0.39, 0.29) is 12.5 Å². The Hall–Kier alpha value is -1.39. The molecule has 0 aliphatic carbocycles. The van der Waals surface area contributed by atoms with Crippen LogP contribution in [0.1, 0.15) is 5.56 Å². The van der Waals surface area contributed by atoms with Crippen LogP contribution >= 0.6 is 0 Å². The van der Waals surface area contributed by atoms with Crippen molar-refractivity contribution in [3.63, 3.8) is 0 Å². The third kappa shape index (κ3) is 2.78. The predicted octanol–water partition coefficient (Wildman–Crippen LogP) is 0.277. The number of nitrogens with zero attached hydrogens (tertiary/aromatic N) is 1. The molecule has 0 saturated carbocycles. The van der Waals surface area contributed by atoms with Gasteiger partial charge in [0, 0.05) is 12.7 Å². The summed E-state index contributed by atoms with van der Waals surface area (Å²) in [5, 5.41) is 8.78. The van der Waals surface area contributed by atoms with Crippen LogP contribution < -0.4 is 10.6 Å². The van der Waals surface area contributed by atoms with Gasteiger partial charge in [-0.05, 0) is 24.6 Å². The first-order valence-corrected chi connectivity index (χ1v) is 4.77. The maximum Gasteiger partial charge on any atom is 0.246 e. The molecule has 1 atom stereocenters. The summed E-state index contributed by atoms with van der Waals surface area (Å²) in [5.74, 6) is -0.289. The number of carbonyl (C=O) groups is 1. The number of aliphatic hydroxyl groups is 1. The molecule has 0 aliphatic rings. The third-order valence-electron chi connectivity index (χ3n) is 2.23. The monoisotopic (exact) mass is 208 g/mol. The van der Waals surface area contributed by atoms with Crippen LogP contribution in [0.3, 0.4) is 0 Å². The van der Waals surface area contributed by atoms with Gasteiger partial charge in [0.25, 0.3) is 0 Å². The standard InChI is InChI=1S/C11H16N2O2/c1-8-4-3-5-9(6-8)13(2)11(15)10(12)7-14/h3-6,10,14H,7,12H2,1-2H3/t10-/m0/s1. The Morgan fingerprint density at radius 2 is 2.27 bits per heavy atom. The zero-order valence-electron chi connectivity index (χ0n) is 8.97. The molecule has 0 aromatic heterocycles. The van der Waals surface area contributed by atoms with E-state index >= 15 is 0 Å². The van der Waals surface area contributed by atoms with Gasteiger partial charge in [-0.3, -0.25) is 4.79 Å². The summed E-state index contributed by atoms with van der Waals surface area (Å²) < 4.78 is 0. The van der Waals surface area contributed by atoms with Crippen LogP contribution in [-0.2, 0) is 4.79 Å². The van der Waals surface area contributed by atoms with E-state index in [4.69, 9.17) is 10.8 Å². The second-order valence-electron chi connectivity index (χ2n) is 3.53. The summed E-state index contributed by atoms with van der Waals surface area (Å²) in [7, 11) is 1.65. The molecule has 15 heavy (non-hydrogen) atoms. The van der Waals surface area contributed by atoms with Crippen molar-refractivity contribution >= 4 is 11.6 Å². The summed E-state index contributed by atoms with van der Waals surface area (Å²) in [6.45, 7) is 1.61. The Labute approximate surface area is 89.3 Å². The van der Waals surface area contributed by atoms with Crippen LogP contribution in [0.5, 0.6) is 0 Å². The normalized spacial score (nSPS) is 12.3. The number of rotatable bonds is 3. The van der Waals surface area contributed by atoms with Crippen molar-refractivity contribution in [3.05, 3.63) is 29.8 Å². The van der Waals surface area contributed by atoms with Crippen LogP contribution in [0.4, 0.5) is 5.69 Å². The Balaban J connectivity index is 2.85. The van der Waals surface area contributed by atoms with Crippen molar-refractivity contribution in [1.29, 1.82) is 0 Å².